The fourth-order valence-electron chi connectivity index (χ4n) is 4.90. The quantitative estimate of drug-likeness (QED) is 0.514. The lowest BCUT2D eigenvalue weighted by atomic mass is 10.1. The van der Waals surface area contributed by atoms with Crippen molar-refractivity contribution in [2.24, 2.45) is 0 Å². The van der Waals surface area contributed by atoms with E-state index in [1.54, 1.807) is 6.20 Å². The van der Waals surface area contributed by atoms with Gasteiger partial charge in [-0.05, 0) is 18.2 Å². The predicted molar refractivity (Wildman–Crippen MR) is 120 cm³/mol. The SMILES string of the molecule is COc1nc(N2CC3CCC(C2)N3)c2cnc(-c3[nH]c(=O)cc4ccccc34)c(F)c2n1. The lowest BCUT2D eigenvalue weighted by Crippen LogP contribution is -2.51. The van der Waals surface area contributed by atoms with Crippen LogP contribution >= 0.6 is 0 Å². The summed E-state index contributed by atoms with van der Waals surface area (Å²) in [5.41, 5.74) is 0.166. The van der Waals surface area contributed by atoms with E-state index >= 15 is 4.39 Å². The predicted octanol–water partition coefficient (Wildman–Crippen LogP) is 2.62. The summed E-state index contributed by atoms with van der Waals surface area (Å²) >= 11 is 0. The topological polar surface area (TPSA) is 96.0 Å². The van der Waals surface area contributed by atoms with Crippen molar-refractivity contribution in [3.8, 4) is 17.4 Å². The number of methoxy groups -OCH3 is 1. The van der Waals surface area contributed by atoms with Crippen molar-refractivity contribution in [1.29, 1.82) is 0 Å². The van der Waals surface area contributed by atoms with Crippen LogP contribution in [-0.2, 0) is 0 Å². The number of piperazine rings is 1. The van der Waals surface area contributed by atoms with Crippen molar-refractivity contribution in [1.82, 2.24) is 25.3 Å². The number of aromatic nitrogens is 4. The van der Waals surface area contributed by atoms with Crippen LogP contribution in [-0.4, -0.2) is 52.2 Å². The summed E-state index contributed by atoms with van der Waals surface area (Å²) in [6.45, 7) is 1.57. The molecule has 2 aliphatic rings. The maximum absolute atomic E-state index is 15.9. The molecule has 32 heavy (non-hydrogen) atoms. The van der Waals surface area contributed by atoms with Crippen molar-refractivity contribution in [3.05, 3.63) is 52.7 Å². The molecule has 0 amide bonds. The van der Waals surface area contributed by atoms with Gasteiger partial charge in [-0.3, -0.25) is 9.78 Å². The van der Waals surface area contributed by atoms with E-state index in [1.165, 1.54) is 13.2 Å². The summed E-state index contributed by atoms with van der Waals surface area (Å²) in [4.78, 5) is 30.4. The largest absolute Gasteiger partial charge is 0.467 e. The molecule has 0 saturated carbocycles. The average Bonchev–Trinajstić information content (AvgIpc) is 3.15. The summed E-state index contributed by atoms with van der Waals surface area (Å²) in [7, 11) is 1.47. The lowest BCUT2D eigenvalue weighted by molar-refractivity contribution is 0.380. The van der Waals surface area contributed by atoms with Crippen LogP contribution in [0.1, 0.15) is 12.8 Å². The standard InChI is InChI=1S/C23H21FN6O2/c1-32-23-28-19-16(22(29-23)30-10-13-6-7-14(11-30)26-13)9-25-21(18(19)24)20-15-5-3-2-4-12(15)8-17(31)27-20/h2-5,8-9,13-14,26H,6-7,10-11H2,1H3,(H,27,31). The van der Waals surface area contributed by atoms with Gasteiger partial charge in [0.15, 0.2) is 5.82 Å². The van der Waals surface area contributed by atoms with Gasteiger partial charge < -0.3 is 19.9 Å². The lowest BCUT2D eigenvalue weighted by Gasteiger charge is -2.34. The second kappa shape index (κ2) is 7.23. The first-order valence-electron chi connectivity index (χ1n) is 10.6. The number of nitrogens with one attached hydrogen (secondary N) is 2. The van der Waals surface area contributed by atoms with E-state index in [0.717, 1.165) is 25.9 Å². The highest BCUT2D eigenvalue weighted by Crippen LogP contribution is 2.34. The van der Waals surface area contributed by atoms with Crippen LogP contribution in [0.15, 0.2) is 41.3 Å². The van der Waals surface area contributed by atoms with Crippen LogP contribution in [0.3, 0.4) is 0 Å². The number of hydrogen-bond acceptors (Lipinski definition) is 7. The number of aromatic amines is 1. The number of benzene rings is 1. The Labute approximate surface area is 182 Å². The monoisotopic (exact) mass is 432 g/mol. The third-order valence-electron chi connectivity index (χ3n) is 6.34. The minimum absolute atomic E-state index is 0.0403. The van der Waals surface area contributed by atoms with Gasteiger partial charge in [0.25, 0.3) is 0 Å². The number of nitrogens with zero attached hydrogens (tertiary/aromatic N) is 4. The normalized spacial score (nSPS) is 20.2. The van der Waals surface area contributed by atoms with E-state index in [0.29, 0.717) is 39.8 Å². The third kappa shape index (κ3) is 3.00. The van der Waals surface area contributed by atoms with Gasteiger partial charge in [-0.1, -0.05) is 24.3 Å². The van der Waals surface area contributed by atoms with E-state index in [4.69, 9.17) is 4.74 Å². The van der Waals surface area contributed by atoms with Gasteiger partial charge in [0.1, 0.15) is 17.0 Å². The minimum atomic E-state index is -0.616. The molecule has 8 nitrogen and oxygen atoms in total. The molecule has 6 rings (SSSR count). The molecule has 1 aromatic carbocycles. The van der Waals surface area contributed by atoms with Crippen LogP contribution in [0.2, 0.25) is 0 Å². The second-order valence-electron chi connectivity index (χ2n) is 8.36. The van der Waals surface area contributed by atoms with Crippen molar-refractivity contribution in [3.63, 3.8) is 0 Å². The molecule has 0 radical (unpaired) electrons. The first-order valence-corrected chi connectivity index (χ1v) is 10.6. The van der Waals surface area contributed by atoms with Gasteiger partial charge >= 0.3 is 6.01 Å². The fraction of sp³-hybridized carbons (Fsp3) is 0.304. The summed E-state index contributed by atoms with van der Waals surface area (Å²) in [6.07, 6.45) is 3.82. The molecular weight excluding hydrogens is 411 g/mol. The number of pyridine rings is 2. The van der Waals surface area contributed by atoms with Gasteiger partial charge in [0.2, 0.25) is 5.56 Å². The number of fused-ring (bicyclic) bond motifs is 4. The molecule has 4 aromatic rings. The molecule has 2 fully saturated rings. The molecule has 2 N–H and O–H groups in total. The molecule has 0 spiro atoms. The first kappa shape index (κ1) is 19.1. The fourth-order valence-corrected chi connectivity index (χ4v) is 4.90. The van der Waals surface area contributed by atoms with Crippen molar-refractivity contribution in [2.45, 2.75) is 24.9 Å². The van der Waals surface area contributed by atoms with E-state index in [9.17, 15) is 4.79 Å². The van der Waals surface area contributed by atoms with Crippen molar-refractivity contribution < 1.29 is 9.13 Å². The van der Waals surface area contributed by atoms with E-state index in [1.807, 2.05) is 24.3 Å². The highest BCUT2D eigenvalue weighted by Gasteiger charge is 2.34. The Bertz CT molecular complexity index is 1410. The smallest absolute Gasteiger partial charge is 0.318 e. The first-order chi connectivity index (χ1) is 15.6. The van der Waals surface area contributed by atoms with Crippen molar-refractivity contribution >= 4 is 27.5 Å². The van der Waals surface area contributed by atoms with E-state index in [2.05, 4.69) is 30.2 Å². The van der Waals surface area contributed by atoms with Crippen LogP contribution in [0.4, 0.5) is 10.2 Å². The molecule has 5 heterocycles. The van der Waals surface area contributed by atoms with Gasteiger partial charge in [0, 0.05) is 42.8 Å². The minimum Gasteiger partial charge on any atom is -0.467 e. The maximum atomic E-state index is 15.9. The van der Waals surface area contributed by atoms with Gasteiger partial charge in [0.05, 0.1) is 18.2 Å². The summed E-state index contributed by atoms with van der Waals surface area (Å²) in [6, 6.07) is 9.68. The maximum Gasteiger partial charge on any atom is 0.318 e. The number of rotatable bonds is 3. The Kier molecular flexibility index (Phi) is 4.32. The van der Waals surface area contributed by atoms with E-state index in [-0.39, 0.29) is 22.8 Å². The Balaban J connectivity index is 1.56. The third-order valence-corrected chi connectivity index (χ3v) is 6.34. The molecule has 2 bridgehead atoms. The zero-order valence-electron chi connectivity index (χ0n) is 17.4. The Morgan fingerprint density at radius 1 is 1.12 bits per heavy atom. The molecule has 2 saturated heterocycles. The molecule has 2 atom stereocenters. The van der Waals surface area contributed by atoms with Crippen LogP contribution in [0, 0.1) is 5.82 Å². The summed E-state index contributed by atoms with van der Waals surface area (Å²) in [5, 5.41) is 5.53. The summed E-state index contributed by atoms with van der Waals surface area (Å²) in [5.74, 6) is 0.00386. The van der Waals surface area contributed by atoms with Gasteiger partial charge in [-0.15, -0.1) is 0 Å². The van der Waals surface area contributed by atoms with Crippen LogP contribution in [0.5, 0.6) is 6.01 Å². The number of anilines is 1. The number of halogens is 1. The number of ether oxygens (including phenoxy) is 1. The Hall–Kier alpha value is -3.59. The highest BCUT2D eigenvalue weighted by atomic mass is 19.1. The van der Waals surface area contributed by atoms with Gasteiger partial charge in [-0.25, -0.2) is 4.39 Å². The zero-order valence-corrected chi connectivity index (χ0v) is 17.4. The summed E-state index contributed by atoms with van der Waals surface area (Å²) < 4.78 is 21.2. The van der Waals surface area contributed by atoms with Crippen LogP contribution < -0.4 is 20.5 Å². The van der Waals surface area contributed by atoms with E-state index < -0.39 is 5.82 Å². The molecule has 9 heteroatoms. The van der Waals surface area contributed by atoms with Gasteiger partial charge in [-0.2, -0.15) is 9.97 Å². The highest BCUT2D eigenvalue weighted by molar-refractivity contribution is 5.97. The molecule has 3 aromatic heterocycles. The molecule has 162 valence electrons. The number of H-pyrrole nitrogens is 1. The molecular formula is C23H21FN6O2. The molecule has 2 unspecified atom stereocenters. The zero-order chi connectivity index (χ0) is 21.8. The average molecular weight is 432 g/mol. The number of hydrogen-bond donors (Lipinski definition) is 2. The molecule has 0 aliphatic carbocycles. The van der Waals surface area contributed by atoms with Crippen LogP contribution in [0.25, 0.3) is 33.1 Å². The van der Waals surface area contributed by atoms with Crippen molar-refractivity contribution in [2.75, 3.05) is 25.1 Å². The second-order valence-corrected chi connectivity index (χ2v) is 8.36. The Morgan fingerprint density at radius 2 is 1.91 bits per heavy atom. The molecule has 2 aliphatic heterocycles. The Morgan fingerprint density at radius 3 is 2.69 bits per heavy atom.